The van der Waals surface area contributed by atoms with Crippen molar-refractivity contribution in [2.75, 3.05) is 0 Å². The molecule has 232 valence electrons. The minimum atomic E-state index is -0.656. The third-order valence-corrected chi connectivity index (χ3v) is 10.7. The normalized spacial score (nSPS) is 21.9. The van der Waals surface area contributed by atoms with Gasteiger partial charge in [0.25, 0.3) is 0 Å². The van der Waals surface area contributed by atoms with Gasteiger partial charge in [0, 0.05) is 39.5 Å². The number of benzene rings is 2. The van der Waals surface area contributed by atoms with Crippen LogP contribution in [0.4, 0.5) is 0 Å². The Bertz CT molecular complexity index is 1880. The summed E-state index contributed by atoms with van der Waals surface area (Å²) in [6, 6.07) is 20.1. The SMILES string of the molecule is Cc1nc(C23CCC(C(=O)O)(CC2)CC3)ccc1-n1nc(-c2cccc3nn(C[C@H](O)c4ccccc4)cc23)c(C(C)C)c1C. The summed E-state index contributed by atoms with van der Waals surface area (Å²) in [4.78, 5) is 17.1. The molecule has 8 heteroatoms. The Balaban J connectivity index is 1.24. The van der Waals surface area contributed by atoms with Gasteiger partial charge in [-0.05, 0) is 82.1 Å². The van der Waals surface area contributed by atoms with Crippen LogP contribution >= 0.6 is 0 Å². The topological polar surface area (TPSA) is 106 Å². The van der Waals surface area contributed by atoms with Gasteiger partial charge in [0.2, 0.25) is 0 Å². The molecule has 8 nitrogen and oxygen atoms in total. The first-order valence-electron chi connectivity index (χ1n) is 16.1. The van der Waals surface area contributed by atoms with Gasteiger partial charge in [0.05, 0.1) is 40.7 Å². The minimum Gasteiger partial charge on any atom is -0.481 e. The molecule has 45 heavy (non-hydrogen) atoms. The zero-order valence-electron chi connectivity index (χ0n) is 26.5. The maximum absolute atomic E-state index is 12.0. The van der Waals surface area contributed by atoms with E-state index in [1.807, 2.05) is 58.0 Å². The van der Waals surface area contributed by atoms with Crippen LogP contribution in [0.5, 0.6) is 0 Å². The average molecular weight is 604 g/mol. The lowest BCUT2D eigenvalue weighted by molar-refractivity contribution is -0.156. The van der Waals surface area contributed by atoms with E-state index in [1.54, 1.807) is 0 Å². The lowest BCUT2D eigenvalue weighted by Gasteiger charge is -2.51. The van der Waals surface area contributed by atoms with Gasteiger partial charge in [-0.3, -0.25) is 14.5 Å². The van der Waals surface area contributed by atoms with Gasteiger partial charge in [-0.15, -0.1) is 0 Å². The summed E-state index contributed by atoms with van der Waals surface area (Å²) in [6.07, 6.45) is 6.21. The summed E-state index contributed by atoms with van der Waals surface area (Å²) < 4.78 is 3.86. The summed E-state index contributed by atoms with van der Waals surface area (Å²) in [5, 5.41) is 31.7. The number of aryl methyl sites for hydroxylation is 1. The van der Waals surface area contributed by atoms with E-state index in [1.165, 1.54) is 5.56 Å². The number of aliphatic carboxylic acids is 1. The van der Waals surface area contributed by atoms with Crippen LogP contribution < -0.4 is 0 Å². The number of hydrogen-bond acceptors (Lipinski definition) is 5. The quantitative estimate of drug-likeness (QED) is 0.191. The van der Waals surface area contributed by atoms with Crippen molar-refractivity contribution in [3.63, 3.8) is 0 Å². The third kappa shape index (κ3) is 4.86. The van der Waals surface area contributed by atoms with Crippen LogP contribution in [0.1, 0.15) is 92.6 Å². The Hall–Kier alpha value is -4.30. The highest BCUT2D eigenvalue weighted by Gasteiger charge is 2.53. The number of aliphatic hydroxyl groups excluding tert-OH is 1. The van der Waals surface area contributed by atoms with Crippen LogP contribution in [0.2, 0.25) is 0 Å². The van der Waals surface area contributed by atoms with Crippen molar-refractivity contribution >= 4 is 16.9 Å². The second-order valence-electron chi connectivity index (χ2n) is 13.6. The number of hydrogen-bond donors (Lipinski definition) is 2. The van der Waals surface area contributed by atoms with Crippen LogP contribution in [0.3, 0.4) is 0 Å². The second-order valence-corrected chi connectivity index (χ2v) is 13.6. The summed E-state index contributed by atoms with van der Waals surface area (Å²) >= 11 is 0. The lowest BCUT2D eigenvalue weighted by atomic mass is 9.52. The van der Waals surface area contributed by atoms with E-state index in [0.29, 0.717) is 6.54 Å². The number of aromatic nitrogens is 5. The summed E-state index contributed by atoms with van der Waals surface area (Å²) in [7, 11) is 0. The van der Waals surface area contributed by atoms with Gasteiger partial charge >= 0.3 is 5.97 Å². The Kier molecular flexibility index (Phi) is 7.15. The number of pyridine rings is 1. The minimum absolute atomic E-state index is 0.0300. The molecular formula is C37H41N5O3. The van der Waals surface area contributed by atoms with Crippen LogP contribution in [0.25, 0.3) is 27.8 Å². The highest BCUT2D eigenvalue weighted by molar-refractivity contribution is 5.94. The number of fused-ring (bicyclic) bond motifs is 4. The van der Waals surface area contributed by atoms with E-state index >= 15 is 0 Å². The fraction of sp³-hybridized carbons (Fsp3) is 0.405. The van der Waals surface area contributed by atoms with Crippen molar-refractivity contribution in [2.45, 2.75) is 90.2 Å². The predicted octanol–water partition coefficient (Wildman–Crippen LogP) is 7.43. The molecule has 8 rings (SSSR count). The fourth-order valence-corrected chi connectivity index (χ4v) is 7.95. The highest BCUT2D eigenvalue weighted by atomic mass is 16.4. The summed E-state index contributed by atoms with van der Waals surface area (Å²) in [6.45, 7) is 8.95. The van der Waals surface area contributed by atoms with Crippen LogP contribution in [0.15, 0.2) is 66.9 Å². The first kappa shape index (κ1) is 29.4. The molecule has 3 saturated carbocycles. The molecule has 3 aromatic heterocycles. The number of rotatable bonds is 8. The Morgan fingerprint density at radius 3 is 2.27 bits per heavy atom. The van der Waals surface area contributed by atoms with Gasteiger partial charge < -0.3 is 10.2 Å². The van der Waals surface area contributed by atoms with Crippen molar-refractivity contribution in [2.24, 2.45) is 5.41 Å². The van der Waals surface area contributed by atoms with Gasteiger partial charge in [-0.1, -0.05) is 56.3 Å². The number of carboxylic acids is 1. The smallest absolute Gasteiger partial charge is 0.309 e. The lowest BCUT2D eigenvalue weighted by Crippen LogP contribution is -2.48. The van der Waals surface area contributed by atoms with Crippen molar-refractivity contribution < 1.29 is 15.0 Å². The molecule has 3 heterocycles. The molecular weight excluding hydrogens is 562 g/mol. The Labute approximate surface area is 263 Å². The average Bonchev–Trinajstić information content (AvgIpc) is 3.62. The van der Waals surface area contributed by atoms with Gasteiger partial charge in [0.1, 0.15) is 0 Å². The zero-order valence-corrected chi connectivity index (χ0v) is 26.5. The molecule has 3 fully saturated rings. The fourth-order valence-electron chi connectivity index (χ4n) is 7.95. The molecule has 0 amide bonds. The molecule has 2 bridgehead atoms. The molecule has 0 unspecified atom stereocenters. The second kappa shape index (κ2) is 10.9. The number of carbonyl (C=O) groups is 1. The molecule has 0 aliphatic heterocycles. The first-order chi connectivity index (χ1) is 21.6. The molecule has 0 radical (unpaired) electrons. The largest absolute Gasteiger partial charge is 0.481 e. The monoisotopic (exact) mass is 603 g/mol. The Morgan fingerprint density at radius 2 is 1.62 bits per heavy atom. The number of carboxylic acid groups (broad SMARTS) is 1. The standard InChI is InChI=1S/C37H41N5O3/c1-23(2)33-25(4)42(30-13-14-32(38-24(30)3)36-15-18-37(19-16-36,20-17-36)35(44)45)40-34(33)27-11-8-12-29-28(27)21-41(39-29)22-31(43)26-9-6-5-7-10-26/h5-14,21,23,31,43H,15-20,22H2,1-4H3,(H,44,45)/t31-,36?,37?/m0/s1. The molecule has 0 spiro atoms. The summed E-state index contributed by atoms with van der Waals surface area (Å²) in [5.74, 6) is -0.390. The molecule has 3 aliphatic carbocycles. The highest BCUT2D eigenvalue weighted by Crippen LogP contribution is 2.57. The summed E-state index contributed by atoms with van der Waals surface area (Å²) in [5.41, 5.74) is 8.36. The van der Waals surface area contributed by atoms with E-state index in [0.717, 1.165) is 89.0 Å². The van der Waals surface area contributed by atoms with E-state index in [9.17, 15) is 15.0 Å². The molecule has 2 aromatic carbocycles. The van der Waals surface area contributed by atoms with Gasteiger partial charge in [-0.2, -0.15) is 10.2 Å². The molecule has 5 aromatic rings. The maximum Gasteiger partial charge on any atom is 0.309 e. The predicted molar refractivity (Wildman–Crippen MR) is 174 cm³/mol. The third-order valence-electron chi connectivity index (χ3n) is 10.7. The van der Waals surface area contributed by atoms with E-state index < -0.39 is 17.5 Å². The van der Waals surface area contributed by atoms with Crippen molar-refractivity contribution in [1.82, 2.24) is 24.5 Å². The van der Waals surface area contributed by atoms with Gasteiger partial charge in [-0.25, -0.2) is 4.68 Å². The molecule has 0 saturated heterocycles. The Morgan fingerprint density at radius 1 is 0.911 bits per heavy atom. The maximum atomic E-state index is 12.0. The van der Waals surface area contributed by atoms with Crippen molar-refractivity contribution in [3.05, 3.63) is 95.1 Å². The van der Waals surface area contributed by atoms with Crippen LogP contribution in [0, 0.1) is 19.3 Å². The zero-order chi connectivity index (χ0) is 31.5. The van der Waals surface area contributed by atoms with E-state index in [2.05, 4.69) is 45.9 Å². The van der Waals surface area contributed by atoms with Crippen molar-refractivity contribution in [1.29, 1.82) is 0 Å². The first-order valence-corrected chi connectivity index (χ1v) is 16.1. The molecule has 1 atom stereocenters. The van der Waals surface area contributed by atoms with E-state index in [4.69, 9.17) is 15.2 Å². The molecule has 3 aliphatic rings. The van der Waals surface area contributed by atoms with Gasteiger partial charge in [0.15, 0.2) is 0 Å². The van der Waals surface area contributed by atoms with Crippen LogP contribution in [-0.4, -0.2) is 40.7 Å². The van der Waals surface area contributed by atoms with Crippen molar-refractivity contribution in [3.8, 4) is 16.9 Å². The number of nitrogens with zero attached hydrogens (tertiary/aromatic N) is 5. The molecule has 2 N–H and O–H groups in total. The van der Waals surface area contributed by atoms with E-state index in [-0.39, 0.29) is 11.3 Å². The number of aliphatic hydroxyl groups is 1. The van der Waals surface area contributed by atoms with Crippen LogP contribution in [-0.2, 0) is 16.8 Å².